The monoisotopic (exact) mass is 310 g/mol. The van der Waals surface area contributed by atoms with Gasteiger partial charge in [-0.25, -0.2) is 10.4 Å². The molecule has 6 heteroatoms. The molecule has 2 N–H and O–H groups in total. The van der Waals surface area contributed by atoms with Gasteiger partial charge < -0.3 is 9.15 Å². The number of rotatable bonds is 3. The van der Waals surface area contributed by atoms with Crippen molar-refractivity contribution in [2.24, 2.45) is 0 Å². The second kappa shape index (κ2) is 5.64. The van der Waals surface area contributed by atoms with Gasteiger partial charge in [0, 0.05) is 17.8 Å². The number of ether oxygens (including phenoxy) is 1. The lowest BCUT2D eigenvalue weighted by molar-refractivity contribution is 0.413. The number of aromatic nitrogens is 2. The first-order valence-corrected chi connectivity index (χ1v) is 7.64. The number of methoxy groups -OCH3 is 1. The Hall–Kier alpha value is -2.44. The molecule has 2 unspecified atom stereocenters. The van der Waals surface area contributed by atoms with Crippen LogP contribution in [0.25, 0.3) is 22.2 Å². The maximum atomic E-state index is 5.95. The number of fused-ring (bicyclic) bond motifs is 1. The van der Waals surface area contributed by atoms with Gasteiger partial charge in [0.1, 0.15) is 11.3 Å². The second-order valence-electron chi connectivity index (χ2n) is 5.83. The Morgan fingerprint density at radius 1 is 1.17 bits per heavy atom. The highest BCUT2D eigenvalue weighted by atomic mass is 16.5. The molecular formula is C17H18N4O2. The molecule has 118 valence electrons. The Morgan fingerprint density at radius 3 is 2.87 bits per heavy atom. The SMILES string of the molecule is COc1cncc(-c2ccc3nc(C4CC(C)NN4)oc3c2)c1. The molecule has 0 amide bonds. The Morgan fingerprint density at radius 2 is 2.09 bits per heavy atom. The fourth-order valence-corrected chi connectivity index (χ4v) is 2.84. The van der Waals surface area contributed by atoms with Crippen molar-refractivity contribution in [2.45, 2.75) is 25.4 Å². The standard InChI is InChI=1S/C17H18N4O2/c1-10-5-15(21-20-10)17-19-14-4-3-11(7-16(14)23-17)12-6-13(22-2)9-18-8-12/h3-4,6-10,15,20-21H,5H2,1-2H3. The highest BCUT2D eigenvalue weighted by Crippen LogP contribution is 2.29. The van der Waals surface area contributed by atoms with Crippen molar-refractivity contribution >= 4 is 11.1 Å². The average molecular weight is 310 g/mol. The summed E-state index contributed by atoms with van der Waals surface area (Å²) in [5.74, 6) is 1.45. The quantitative estimate of drug-likeness (QED) is 0.775. The van der Waals surface area contributed by atoms with E-state index in [1.165, 1.54) is 0 Å². The normalized spacial score (nSPS) is 21.0. The molecule has 3 aromatic rings. The molecule has 1 saturated heterocycles. The zero-order valence-corrected chi connectivity index (χ0v) is 13.0. The largest absolute Gasteiger partial charge is 0.495 e. The third-order valence-corrected chi connectivity index (χ3v) is 4.08. The summed E-state index contributed by atoms with van der Waals surface area (Å²) in [6.07, 6.45) is 4.46. The highest BCUT2D eigenvalue weighted by molar-refractivity contribution is 5.80. The van der Waals surface area contributed by atoms with Gasteiger partial charge in [-0.3, -0.25) is 10.4 Å². The molecular weight excluding hydrogens is 292 g/mol. The van der Waals surface area contributed by atoms with E-state index in [1.807, 2.05) is 30.5 Å². The number of hydrogen-bond donors (Lipinski definition) is 2. The fraction of sp³-hybridized carbons (Fsp3) is 0.294. The minimum absolute atomic E-state index is 0.110. The van der Waals surface area contributed by atoms with Gasteiger partial charge in [-0.2, -0.15) is 0 Å². The predicted octanol–water partition coefficient (Wildman–Crippen LogP) is 2.83. The van der Waals surface area contributed by atoms with Gasteiger partial charge in [-0.15, -0.1) is 0 Å². The van der Waals surface area contributed by atoms with Crippen LogP contribution in [0.5, 0.6) is 5.75 Å². The number of nitrogens with zero attached hydrogens (tertiary/aromatic N) is 2. The van der Waals surface area contributed by atoms with E-state index in [-0.39, 0.29) is 6.04 Å². The van der Waals surface area contributed by atoms with Gasteiger partial charge in [0.2, 0.25) is 5.89 Å². The van der Waals surface area contributed by atoms with Crippen molar-refractivity contribution in [1.29, 1.82) is 0 Å². The van der Waals surface area contributed by atoms with Crippen LogP contribution < -0.4 is 15.6 Å². The lowest BCUT2D eigenvalue weighted by Gasteiger charge is -2.03. The van der Waals surface area contributed by atoms with E-state index in [4.69, 9.17) is 9.15 Å². The molecule has 0 saturated carbocycles. The van der Waals surface area contributed by atoms with Crippen LogP contribution in [0.2, 0.25) is 0 Å². The summed E-state index contributed by atoms with van der Waals surface area (Å²) in [6, 6.07) is 8.47. The third kappa shape index (κ3) is 2.67. The number of hydrazine groups is 1. The molecule has 0 bridgehead atoms. The fourth-order valence-electron chi connectivity index (χ4n) is 2.84. The van der Waals surface area contributed by atoms with Gasteiger partial charge in [0.05, 0.1) is 19.3 Å². The summed E-state index contributed by atoms with van der Waals surface area (Å²) in [5.41, 5.74) is 10.1. The summed E-state index contributed by atoms with van der Waals surface area (Å²) >= 11 is 0. The van der Waals surface area contributed by atoms with Crippen molar-refractivity contribution < 1.29 is 9.15 Å². The Bertz CT molecular complexity index is 845. The second-order valence-corrected chi connectivity index (χ2v) is 5.83. The average Bonchev–Trinajstić information content (AvgIpc) is 3.20. The Kier molecular flexibility index (Phi) is 3.48. The van der Waals surface area contributed by atoms with E-state index in [2.05, 4.69) is 27.7 Å². The van der Waals surface area contributed by atoms with E-state index < -0.39 is 0 Å². The van der Waals surface area contributed by atoms with Crippen LogP contribution in [0.4, 0.5) is 0 Å². The van der Waals surface area contributed by atoms with E-state index in [0.29, 0.717) is 6.04 Å². The predicted molar refractivity (Wildman–Crippen MR) is 86.9 cm³/mol. The van der Waals surface area contributed by atoms with E-state index >= 15 is 0 Å². The Labute approximate surface area is 133 Å². The smallest absolute Gasteiger partial charge is 0.214 e. The number of hydrogen-bond acceptors (Lipinski definition) is 6. The molecule has 6 nitrogen and oxygen atoms in total. The molecule has 0 spiro atoms. The minimum atomic E-state index is 0.110. The Balaban J connectivity index is 1.70. The van der Waals surface area contributed by atoms with Crippen LogP contribution in [-0.4, -0.2) is 23.1 Å². The lowest BCUT2D eigenvalue weighted by Crippen LogP contribution is -2.28. The zero-order valence-electron chi connectivity index (χ0n) is 13.0. The highest BCUT2D eigenvalue weighted by Gasteiger charge is 2.26. The molecule has 0 aliphatic carbocycles. The van der Waals surface area contributed by atoms with Crippen molar-refractivity contribution in [2.75, 3.05) is 7.11 Å². The molecule has 23 heavy (non-hydrogen) atoms. The molecule has 1 aliphatic rings. The summed E-state index contributed by atoms with van der Waals surface area (Å²) in [6.45, 7) is 2.13. The number of nitrogens with one attached hydrogen (secondary N) is 2. The van der Waals surface area contributed by atoms with Crippen LogP contribution >= 0.6 is 0 Å². The first-order valence-electron chi connectivity index (χ1n) is 7.64. The first kappa shape index (κ1) is 14.2. The summed E-state index contributed by atoms with van der Waals surface area (Å²) < 4.78 is 11.2. The van der Waals surface area contributed by atoms with Gasteiger partial charge in [0.25, 0.3) is 0 Å². The van der Waals surface area contributed by atoms with E-state index in [9.17, 15) is 0 Å². The number of oxazole rings is 1. The van der Waals surface area contributed by atoms with Crippen LogP contribution in [0, 0.1) is 0 Å². The first-order chi connectivity index (χ1) is 11.2. The molecule has 4 rings (SSSR count). The molecule has 3 heterocycles. The van der Waals surface area contributed by atoms with Crippen LogP contribution in [0.1, 0.15) is 25.3 Å². The van der Waals surface area contributed by atoms with Crippen LogP contribution in [-0.2, 0) is 0 Å². The lowest BCUT2D eigenvalue weighted by atomic mass is 10.1. The number of benzene rings is 1. The maximum absolute atomic E-state index is 5.95. The molecule has 1 aliphatic heterocycles. The molecule has 1 fully saturated rings. The van der Waals surface area contributed by atoms with Gasteiger partial charge in [0.15, 0.2) is 5.58 Å². The van der Waals surface area contributed by atoms with Gasteiger partial charge in [-0.05, 0) is 37.1 Å². The van der Waals surface area contributed by atoms with E-state index in [0.717, 1.165) is 40.3 Å². The number of pyridine rings is 1. The summed E-state index contributed by atoms with van der Waals surface area (Å²) in [4.78, 5) is 8.79. The van der Waals surface area contributed by atoms with Crippen molar-refractivity contribution in [3.8, 4) is 16.9 Å². The van der Waals surface area contributed by atoms with Crippen LogP contribution in [0.15, 0.2) is 41.1 Å². The van der Waals surface area contributed by atoms with Crippen molar-refractivity contribution in [3.05, 3.63) is 42.5 Å². The van der Waals surface area contributed by atoms with Crippen molar-refractivity contribution in [1.82, 2.24) is 20.8 Å². The molecule has 2 atom stereocenters. The summed E-state index contributed by atoms with van der Waals surface area (Å²) in [7, 11) is 1.64. The van der Waals surface area contributed by atoms with Gasteiger partial charge >= 0.3 is 0 Å². The zero-order chi connectivity index (χ0) is 15.8. The topological polar surface area (TPSA) is 72.2 Å². The summed E-state index contributed by atoms with van der Waals surface area (Å²) in [5, 5.41) is 0. The molecule has 0 radical (unpaired) electrons. The molecule has 2 aromatic heterocycles. The third-order valence-electron chi connectivity index (χ3n) is 4.08. The minimum Gasteiger partial charge on any atom is -0.495 e. The van der Waals surface area contributed by atoms with Gasteiger partial charge in [-0.1, -0.05) is 6.07 Å². The van der Waals surface area contributed by atoms with Crippen molar-refractivity contribution in [3.63, 3.8) is 0 Å². The van der Waals surface area contributed by atoms with Crippen LogP contribution in [0.3, 0.4) is 0 Å². The maximum Gasteiger partial charge on any atom is 0.214 e. The van der Waals surface area contributed by atoms with E-state index in [1.54, 1.807) is 13.3 Å². The molecule has 1 aromatic carbocycles.